The number of pyridine rings is 1. The summed E-state index contributed by atoms with van der Waals surface area (Å²) in [6.07, 6.45) is 1.26. The van der Waals surface area contributed by atoms with Gasteiger partial charge in [-0.1, -0.05) is 11.6 Å². The van der Waals surface area contributed by atoms with E-state index in [1.165, 1.54) is 19.4 Å². The Balaban J connectivity index is 2.46. The second kappa shape index (κ2) is 5.72. The maximum Gasteiger partial charge on any atom is 0.198 e. The molecule has 1 aromatic carbocycles. The van der Waals surface area contributed by atoms with Gasteiger partial charge in [-0.25, -0.2) is 13.8 Å². The minimum Gasteiger partial charge on any atom is -0.497 e. The van der Waals surface area contributed by atoms with E-state index in [-0.39, 0.29) is 22.2 Å². The van der Waals surface area contributed by atoms with Crippen LogP contribution in [0.4, 0.5) is 8.78 Å². The van der Waals surface area contributed by atoms with E-state index in [0.29, 0.717) is 0 Å². The summed E-state index contributed by atoms with van der Waals surface area (Å²) in [5.74, 6) is -2.64. The molecule has 0 saturated carbocycles. The summed E-state index contributed by atoms with van der Waals surface area (Å²) in [4.78, 5) is 3.68. The van der Waals surface area contributed by atoms with E-state index < -0.39 is 17.4 Å². The number of halogens is 3. The third kappa shape index (κ3) is 2.63. The van der Waals surface area contributed by atoms with Crippen LogP contribution in [0.3, 0.4) is 0 Å². The van der Waals surface area contributed by atoms with Crippen LogP contribution in [0.1, 0.15) is 5.56 Å². The lowest BCUT2D eigenvalue weighted by molar-refractivity contribution is 0.382. The number of nitrogens with zero attached hydrogens (tertiary/aromatic N) is 2. The van der Waals surface area contributed by atoms with Crippen LogP contribution in [-0.4, -0.2) is 12.1 Å². The molecule has 0 bridgehead atoms. The Bertz CT molecular complexity index is 678. The predicted octanol–water partition coefficient (Wildman–Crippen LogP) is 3.69. The van der Waals surface area contributed by atoms with Gasteiger partial charge in [0.2, 0.25) is 0 Å². The Morgan fingerprint density at radius 3 is 2.50 bits per heavy atom. The van der Waals surface area contributed by atoms with Crippen LogP contribution < -0.4 is 9.47 Å². The molecule has 4 nitrogen and oxygen atoms in total. The predicted molar refractivity (Wildman–Crippen MR) is 66.9 cm³/mol. The second-order valence-corrected chi connectivity index (χ2v) is 3.97. The Kier molecular flexibility index (Phi) is 4.01. The zero-order chi connectivity index (χ0) is 14.7. The van der Waals surface area contributed by atoms with Gasteiger partial charge in [0.15, 0.2) is 22.5 Å². The van der Waals surface area contributed by atoms with Gasteiger partial charge in [-0.3, -0.25) is 0 Å². The van der Waals surface area contributed by atoms with Crippen molar-refractivity contribution in [3.05, 3.63) is 46.7 Å². The molecule has 2 aromatic rings. The van der Waals surface area contributed by atoms with Gasteiger partial charge in [0.05, 0.1) is 7.11 Å². The van der Waals surface area contributed by atoms with Crippen molar-refractivity contribution in [1.82, 2.24) is 4.98 Å². The van der Waals surface area contributed by atoms with Crippen molar-refractivity contribution in [2.24, 2.45) is 0 Å². The minimum atomic E-state index is -0.960. The number of benzene rings is 1. The van der Waals surface area contributed by atoms with Gasteiger partial charge in [0.1, 0.15) is 23.1 Å². The van der Waals surface area contributed by atoms with E-state index in [1.54, 1.807) is 6.07 Å². The van der Waals surface area contributed by atoms with Crippen molar-refractivity contribution >= 4 is 11.6 Å². The molecular formula is C13H7ClF2N2O2. The molecule has 2 rings (SSSR count). The van der Waals surface area contributed by atoms with Gasteiger partial charge < -0.3 is 9.47 Å². The van der Waals surface area contributed by atoms with Crippen molar-refractivity contribution in [2.75, 3.05) is 7.11 Å². The van der Waals surface area contributed by atoms with Crippen LogP contribution >= 0.6 is 11.6 Å². The molecule has 0 atom stereocenters. The average Bonchev–Trinajstić information content (AvgIpc) is 2.42. The summed E-state index contributed by atoms with van der Waals surface area (Å²) >= 11 is 5.70. The third-order valence-electron chi connectivity index (χ3n) is 2.40. The van der Waals surface area contributed by atoms with Gasteiger partial charge in [-0.05, 0) is 0 Å². The molecule has 0 aliphatic carbocycles. The number of hydrogen-bond donors (Lipinski definition) is 0. The molecule has 0 radical (unpaired) electrons. The molecule has 0 aliphatic rings. The fraction of sp³-hybridized carbons (Fsp3) is 0.0769. The van der Waals surface area contributed by atoms with Crippen LogP contribution in [0.5, 0.6) is 17.2 Å². The molecule has 0 aliphatic heterocycles. The highest BCUT2D eigenvalue weighted by Gasteiger charge is 2.17. The Morgan fingerprint density at radius 1 is 1.30 bits per heavy atom. The summed E-state index contributed by atoms with van der Waals surface area (Å²) in [6.45, 7) is 0. The first-order valence-electron chi connectivity index (χ1n) is 5.32. The molecule has 0 fully saturated rings. The van der Waals surface area contributed by atoms with E-state index in [2.05, 4.69) is 4.98 Å². The molecule has 0 N–H and O–H groups in total. The van der Waals surface area contributed by atoms with Gasteiger partial charge in [-0.2, -0.15) is 5.26 Å². The molecular weight excluding hydrogens is 290 g/mol. The van der Waals surface area contributed by atoms with Crippen LogP contribution in [0, 0.1) is 23.0 Å². The molecule has 1 heterocycles. The van der Waals surface area contributed by atoms with Crippen LogP contribution in [0.2, 0.25) is 5.15 Å². The minimum absolute atomic E-state index is 0.0145. The molecule has 1 aromatic heterocycles. The highest BCUT2D eigenvalue weighted by Crippen LogP contribution is 2.33. The van der Waals surface area contributed by atoms with Crippen molar-refractivity contribution in [3.63, 3.8) is 0 Å². The van der Waals surface area contributed by atoms with E-state index in [4.69, 9.17) is 26.3 Å². The lowest BCUT2D eigenvalue weighted by atomic mass is 10.2. The lowest BCUT2D eigenvalue weighted by Crippen LogP contribution is -1.97. The fourth-order valence-corrected chi connectivity index (χ4v) is 1.66. The zero-order valence-corrected chi connectivity index (χ0v) is 10.9. The summed E-state index contributed by atoms with van der Waals surface area (Å²) in [6, 6.07) is 4.97. The number of ether oxygens (including phenoxy) is 2. The summed E-state index contributed by atoms with van der Waals surface area (Å²) < 4.78 is 37.3. The monoisotopic (exact) mass is 296 g/mol. The summed E-state index contributed by atoms with van der Waals surface area (Å²) in [5.41, 5.74) is -0.108. The van der Waals surface area contributed by atoms with Crippen molar-refractivity contribution in [3.8, 4) is 23.3 Å². The number of aromatic nitrogens is 1. The number of methoxy groups -OCH3 is 1. The van der Waals surface area contributed by atoms with Gasteiger partial charge in [0.25, 0.3) is 0 Å². The van der Waals surface area contributed by atoms with Gasteiger partial charge in [0, 0.05) is 24.4 Å². The number of rotatable bonds is 3. The maximum atomic E-state index is 13.7. The SMILES string of the molecule is COc1cc(F)c(Oc2ccnc(Cl)c2C#N)c(F)c1. The highest BCUT2D eigenvalue weighted by atomic mass is 35.5. The van der Waals surface area contributed by atoms with E-state index in [0.717, 1.165) is 12.1 Å². The molecule has 20 heavy (non-hydrogen) atoms. The average molecular weight is 297 g/mol. The zero-order valence-electron chi connectivity index (χ0n) is 10.2. The third-order valence-corrected chi connectivity index (χ3v) is 2.68. The smallest absolute Gasteiger partial charge is 0.198 e. The van der Waals surface area contributed by atoms with Gasteiger partial charge >= 0.3 is 0 Å². The van der Waals surface area contributed by atoms with Crippen molar-refractivity contribution < 1.29 is 18.3 Å². The molecule has 0 amide bonds. The normalized spacial score (nSPS) is 9.95. The summed E-state index contributed by atoms with van der Waals surface area (Å²) in [7, 11) is 1.28. The quantitative estimate of drug-likeness (QED) is 0.811. The van der Waals surface area contributed by atoms with E-state index in [9.17, 15) is 8.78 Å². The van der Waals surface area contributed by atoms with Crippen LogP contribution in [0.15, 0.2) is 24.4 Å². The topological polar surface area (TPSA) is 55.1 Å². The summed E-state index contributed by atoms with van der Waals surface area (Å²) in [5, 5.41) is 8.82. The number of nitriles is 1. The second-order valence-electron chi connectivity index (χ2n) is 3.61. The van der Waals surface area contributed by atoms with E-state index in [1.807, 2.05) is 0 Å². The largest absolute Gasteiger partial charge is 0.497 e. The number of hydrogen-bond acceptors (Lipinski definition) is 4. The first-order valence-corrected chi connectivity index (χ1v) is 5.70. The molecule has 102 valence electrons. The Labute approximate surface area is 118 Å². The molecule has 0 unspecified atom stereocenters. The van der Waals surface area contributed by atoms with Crippen molar-refractivity contribution in [1.29, 1.82) is 5.26 Å². The lowest BCUT2D eigenvalue weighted by Gasteiger charge is -2.10. The van der Waals surface area contributed by atoms with E-state index >= 15 is 0 Å². The fourth-order valence-electron chi connectivity index (χ4n) is 1.47. The standard InChI is InChI=1S/C13H7ClF2N2O2/c1-19-7-4-9(15)12(10(16)5-7)20-11-2-3-18-13(14)8(11)6-17/h2-5H,1H3. The first-order chi connectivity index (χ1) is 9.56. The Hall–Kier alpha value is -2.39. The van der Waals surface area contributed by atoms with Crippen LogP contribution in [0.25, 0.3) is 0 Å². The molecule has 7 heteroatoms. The highest BCUT2D eigenvalue weighted by molar-refractivity contribution is 6.30. The molecule has 0 spiro atoms. The van der Waals surface area contributed by atoms with Crippen LogP contribution in [-0.2, 0) is 0 Å². The molecule has 0 saturated heterocycles. The maximum absolute atomic E-state index is 13.7. The Morgan fingerprint density at radius 2 is 1.95 bits per heavy atom. The van der Waals surface area contributed by atoms with Crippen molar-refractivity contribution in [2.45, 2.75) is 0 Å². The van der Waals surface area contributed by atoms with Gasteiger partial charge in [-0.15, -0.1) is 0 Å². The first kappa shape index (κ1) is 14.0.